The lowest BCUT2D eigenvalue weighted by Crippen LogP contribution is -2.48. The Hall–Kier alpha value is -1.96. The first-order chi connectivity index (χ1) is 12.0. The van der Waals surface area contributed by atoms with Crippen LogP contribution in [0.4, 0.5) is 4.39 Å². The molecular weight excluding hydrogens is 325 g/mol. The summed E-state index contributed by atoms with van der Waals surface area (Å²) in [6, 6.07) is 5.90. The van der Waals surface area contributed by atoms with E-state index >= 15 is 0 Å². The van der Waals surface area contributed by atoms with E-state index in [9.17, 15) is 9.50 Å². The van der Waals surface area contributed by atoms with Crippen molar-refractivity contribution in [3.05, 3.63) is 47.0 Å². The summed E-state index contributed by atoms with van der Waals surface area (Å²) in [5, 5.41) is 18.1. The minimum atomic E-state index is -1.16. The third kappa shape index (κ3) is 4.56. The molecule has 0 saturated carbocycles. The number of rotatable bonds is 5. The molecular formula is C18H24FN3O3. The van der Waals surface area contributed by atoms with Crippen molar-refractivity contribution in [3.8, 4) is 5.75 Å². The minimum absolute atomic E-state index is 0.0380. The molecule has 2 aromatic rings. The van der Waals surface area contributed by atoms with Crippen LogP contribution in [0.25, 0.3) is 0 Å². The first kappa shape index (κ1) is 17.8. The van der Waals surface area contributed by atoms with E-state index in [2.05, 4.69) is 15.1 Å². The Morgan fingerprint density at radius 3 is 3.00 bits per heavy atom. The summed E-state index contributed by atoms with van der Waals surface area (Å²) in [5.74, 6) is 0.0277. The van der Waals surface area contributed by atoms with Crippen molar-refractivity contribution in [2.75, 3.05) is 32.9 Å². The Morgan fingerprint density at radius 1 is 1.44 bits per heavy atom. The fourth-order valence-corrected chi connectivity index (χ4v) is 3.02. The van der Waals surface area contributed by atoms with Gasteiger partial charge in [0.05, 0.1) is 18.9 Å². The highest BCUT2D eigenvalue weighted by Gasteiger charge is 2.34. The monoisotopic (exact) mass is 349 g/mol. The molecule has 0 spiro atoms. The standard InChI is InChI=1S/C18H24FN3O3/c1-13-17(14(2)21-20-13)9-22-6-7-24-11-18(23,10-22)12-25-16-5-3-4-15(19)8-16/h3-5,8,23H,6-7,9-12H2,1-2H3,(H,20,21)/t18-/m0/s1. The Labute approximate surface area is 146 Å². The zero-order valence-corrected chi connectivity index (χ0v) is 14.6. The van der Waals surface area contributed by atoms with Crippen LogP contribution in [0.3, 0.4) is 0 Å². The van der Waals surface area contributed by atoms with Gasteiger partial charge in [-0.2, -0.15) is 5.10 Å². The van der Waals surface area contributed by atoms with E-state index in [1.165, 1.54) is 12.1 Å². The van der Waals surface area contributed by atoms with Gasteiger partial charge in [-0.05, 0) is 26.0 Å². The van der Waals surface area contributed by atoms with E-state index in [-0.39, 0.29) is 19.0 Å². The first-order valence-electron chi connectivity index (χ1n) is 8.36. The van der Waals surface area contributed by atoms with Crippen LogP contribution in [0.2, 0.25) is 0 Å². The normalized spacial score (nSPS) is 21.9. The zero-order chi connectivity index (χ0) is 17.9. The second-order valence-corrected chi connectivity index (χ2v) is 6.65. The Bertz CT molecular complexity index is 702. The maximum Gasteiger partial charge on any atom is 0.134 e. The number of nitrogens with zero attached hydrogens (tertiary/aromatic N) is 2. The first-order valence-corrected chi connectivity index (χ1v) is 8.36. The number of ether oxygens (including phenoxy) is 2. The zero-order valence-electron chi connectivity index (χ0n) is 14.6. The number of aromatic nitrogens is 2. The van der Waals surface area contributed by atoms with E-state index in [1.54, 1.807) is 12.1 Å². The summed E-state index contributed by atoms with van der Waals surface area (Å²) >= 11 is 0. The smallest absolute Gasteiger partial charge is 0.134 e. The van der Waals surface area contributed by atoms with Gasteiger partial charge < -0.3 is 14.6 Å². The largest absolute Gasteiger partial charge is 0.490 e. The van der Waals surface area contributed by atoms with Gasteiger partial charge in [0.2, 0.25) is 0 Å². The number of H-pyrrole nitrogens is 1. The lowest BCUT2D eigenvalue weighted by molar-refractivity contribution is -0.0647. The number of benzene rings is 1. The molecule has 136 valence electrons. The van der Waals surface area contributed by atoms with Crippen LogP contribution in [-0.2, 0) is 11.3 Å². The Balaban J connectivity index is 1.65. The highest BCUT2D eigenvalue weighted by Crippen LogP contribution is 2.20. The van der Waals surface area contributed by atoms with Gasteiger partial charge in [-0.3, -0.25) is 10.00 Å². The topological polar surface area (TPSA) is 70.6 Å². The molecule has 0 aliphatic carbocycles. The molecule has 2 heterocycles. The SMILES string of the molecule is Cc1n[nH]c(C)c1CN1CCOC[C@](O)(COc2cccc(F)c2)C1. The predicted molar refractivity (Wildman–Crippen MR) is 91.0 cm³/mol. The van der Waals surface area contributed by atoms with Crippen molar-refractivity contribution in [1.29, 1.82) is 0 Å². The lowest BCUT2D eigenvalue weighted by atomic mass is 10.1. The summed E-state index contributed by atoms with van der Waals surface area (Å²) in [6.45, 7) is 6.52. The summed E-state index contributed by atoms with van der Waals surface area (Å²) in [5.41, 5.74) is 1.97. The van der Waals surface area contributed by atoms with Crippen molar-refractivity contribution in [3.63, 3.8) is 0 Å². The van der Waals surface area contributed by atoms with Crippen LogP contribution in [0.15, 0.2) is 24.3 Å². The van der Waals surface area contributed by atoms with Gasteiger partial charge in [-0.25, -0.2) is 4.39 Å². The van der Waals surface area contributed by atoms with Gasteiger partial charge in [0.1, 0.15) is 23.8 Å². The molecule has 0 bridgehead atoms. The summed E-state index contributed by atoms with van der Waals surface area (Å²) in [7, 11) is 0. The van der Waals surface area contributed by atoms with Gasteiger partial charge in [0.15, 0.2) is 0 Å². The molecule has 1 aromatic heterocycles. The summed E-state index contributed by atoms with van der Waals surface area (Å²) in [4.78, 5) is 2.13. The molecule has 0 radical (unpaired) electrons. The van der Waals surface area contributed by atoms with Crippen LogP contribution in [-0.4, -0.2) is 58.7 Å². The number of aliphatic hydroxyl groups is 1. The van der Waals surface area contributed by atoms with Gasteiger partial charge in [-0.15, -0.1) is 0 Å². The number of hydrogen-bond donors (Lipinski definition) is 2. The molecule has 1 aromatic carbocycles. The number of nitrogens with one attached hydrogen (secondary N) is 1. The average molecular weight is 349 g/mol. The van der Waals surface area contributed by atoms with Crippen LogP contribution in [0.1, 0.15) is 17.0 Å². The summed E-state index contributed by atoms with van der Waals surface area (Å²) < 4.78 is 24.4. The molecule has 1 fully saturated rings. The average Bonchev–Trinajstić information content (AvgIpc) is 2.78. The fraction of sp³-hybridized carbons (Fsp3) is 0.500. The third-order valence-corrected chi connectivity index (χ3v) is 4.41. The molecule has 1 aliphatic heterocycles. The number of halogens is 1. The minimum Gasteiger partial charge on any atom is -0.490 e. The van der Waals surface area contributed by atoms with Crippen LogP contribution in [0, 0.1) is 19.7 Å². The highest BCUT2D eigenvalue weighted by atomic mass is 19.1. The van der Waals surface area contributed by atoms with Gasteiger partial charge in [0.25, 0.3) is 0 Å². The molecule has 6 nitrogen and oxygen atoms in total. The van der Waals surface area contributed by atoms with E-state index in [4.69, 9.17) is 9.47 Å². The molecule has 1 aliphatic rings. The van der Waals surface area contributed by atoms with E-state index < -0.39 is 5.60 Å². The van der Waals surface area contributed by atoms with Crippen molar-refractivity contribution in [2.45, 2.75) is 26.0 Å². The van der Waals surface area contributed by atoms with Crippen LogP contribution >= 0.6 is 0 Å². The van der Waals surface area contributed by atoms with E-state index in [0.29, 0.717) is 32.0 Å². The number of β-amino-alcohol motifs (C(OH)–C–C–N with tert-alkyl or cyclic N) is 1. The third-order valence-electron chi connectivity index (χ3n) is 4.41. The molecule has 1 saturated heterocycles. The Morgan fingerprint density at radius 2 is 2.28 bits per heavy atom. The van der Waals surface area contributed by atoms with Crippen molar-refractivity contribution < 1.29 is 19.0 Å². The molecule has 3 rings (SSSR count). The maximum atomic E-state index is 13.3. The van der Waals surface area contributed by atoms with Crippen molar-refractivity contribution in [1.82, 2.24) is 15.1 Å². The molecule has 0 amide bonds. The summed E-state index contributed by atoms with van der Waals surface area (Å²) in [6.07, 6.45) is 0. The molecule has 7 heteroatoms. The van der Waals surface area contributed by atoms with Crippen LogP contribution < -0.4 is 4.74 Å². The predicted octanol–water partition coefficient (Wildman–Crippen LogP) is 1.81. The second-order valence-electron chi connectivity index (χ2n) is 6.65. The molecule has 0 unspecified atom stereocenters. The highest BCUT2D eigenvalue weighted by molar-refractivity contribution is 5.23. The number of hydrogen-bond acceptors (Lipinski definition) is 5. The van der Waals surface area contributed by atoms with Gasteiger partial charge in [-0.1, -0.05) is 6.07 Å². The van der Waals surface area contributed by atoms with Crippen molar-refractivity contribution >= 4 is 0 Å². The van der Waals surface area contributed by atoms with Gasteiger partial charge in [0, 0.05) is 37.0 Å². The number of aryl methyl sites for hydroxylation is 2. The maximum absolute atomic E-state index is 13.3. The molecule has 2 N–H and O–H groups in total. The lowest BCUT2D eigenvalue weighted by Gasteiger charge is -2.30. The van der Waals surface area contributed by atoms with E-state index in [1.807, 2.05) is 13.8 Å². The molecule has 1 atom stereocenters. The molecule has 25 heavy (non-hydrogen) atoms. The van der Waals surface area contributed by atoms with E-state index in [0.717, 1.165) is 17.0 Å². The fourth-order valence-electron chi connectivity index (χ4n) is 3.02. The Kier molecular flexibility index (Phi) is 5.36. The van der Waals surface area contributed by atoms with Crippen LogP contribution in [0.5, 0.6) is 5.75 Å². The quantitative estimate of drug-likeness (QED) is 0.861. The van der Waals surface area contributed by atoms with Gasteiger partial charge >= 0.3 is 0 Å². The van der Waals surface area contributed by atoms with Crippen molar-refractivity contribution in [2.24, 2.45) is 0 Å². The second kappa shape index (κ2) is 7.51. The number of aromatic amines is 1.